The van der Waals surface area contributed by atoms with E-state index in [1.807, 2.05) is 0 Å². The lowest BCUT2D eigenvalue weighted by Crippen LogP contribution is -2.27. The lowest BCUT2D eigenvalue weighted by Gasteiger charge is -2.05. The van der Waals surface area contributed by atoms with Crippen LogP contribution in [0.25, 0.3) is 0 Å². The number of non-ortho nitro benzene ring substituents is 1. The Kier molecular flexibility index (Phi) is 5.61. The van der Waals surface area contributed by atoms with Gasteiger partial charge >= 0.3 is 11.7 Å². The number of aromatic nitrogens is 2. The van der Waals surface area contributed by atoms with E-state index in [-0.39, 0.29) is 40.7 Å². The molecule has 1 aromatic heterocycles. The van der Waals surface area contributed by atoms with Crippen molar-refractivity contribution >= 4 is 17.6 Å². The third-order valence-corrected chi connectivity index (χ3v) is 3.20. The molecule has 0 aliphatic rings. The Labute approximate surface area is 140 Å². The van der Waals surface area contributed by atoms with Crippen molar-refractivity contribution in [3.8, 4) is 0 Å². The first-order valence-electron chi connectivity index (χ1n) is 7.16. The van der Waals surface area contributed by atoms with E-state index in [2.05, 4.69) is 15.1 Å². The van der Waals surface area contributed by atoms with Gasteiger partial charge in [0.1, 0.15) is 0 Å². The van der Waals surface area contributed by atoms with Crippen molar-refractivity contribution in [2.75, 3.05) is 13.2 Å². The minimum Gasteiger partial charge on any atom is -0.459 e. The fourth-order valence-corrected chi connectivity index (χ4v) is 1.82. The number of nitrogens with one attached hydrogen (secondary N) is 1. The summed E-state index contributed by atoms with van der Waals surface area (Å²) in [6.45, 7) is 1.59. The summed E-state index contributed by atoms with van der Waals surface area (Å²) in [6.07, 6.45) is 0.332. The zero-order chi connectivity index (χ0) is 18.4. The molecule has 0 aliphatic carbocycles. The van der Waals surface area contributed by atoms with Gasteiger partial charge in [0.15, 0.2) is 0 Å². The van der Waals surface area contributed by atoms with Gasteiger partial charge in [-0.2, -0.15) is 0 Å². The smallest absolute Gasteiger partial charge is 0.389 e. The Morgan fingerprint density at radius 1 is 1.36 bits per heavy atom. The molecule has 11 nitrogen and oxygen atoms in total. The van der Waals surface area contributed by atoms with Crippen LogP contribution in [0.1, 0.15) is 33.0 Å². The largest absolute Gasteiger partial charge is 0.459 e. The van der Waals surface area contributed by atoms with Gasteiger partial charge in [-0.15, -0.1) is 0 Å². The van der Waals surface area contributed by atoms with Crippen LogP contribution < -0.4 is 10.2 Å². The number of carbonyl (C=O) groups is 2. The van der Waals surface area contributed by atoms with Gasteiger partial charge < -0.3 is 15.3 Å². The molecule has 1 heterocycles. The monoisotopic (exact) mass is 350 g/mol. The first-order valence-corrected chi connectivity index (χ1v) is 7.16. The quantitative estimate of drug-likeness (QED) is 0.249. The third kappa shape index (κ3) is 4.50. The SMILES string of the molecule is Cc1c(C(=O)OCCCNC(=O)c2ccc([N+](=O)[O-])cc2)no[n+]1[O-]. The van der Waals surface area contributed by atoms with E-state index in [4.69, 9.17) is 4.74 Å². The molecule has 0 aliphatic heterocycles. The molecule has 0 fully saturated rings. The highest BCUT2D eigenvalue weighted by atomic mass is 16.8. The van der Waals surface area contributed by atoms with Crippen molar-refractivity contribution in [3.05, 3.63) is 56.5 Å². The number of ether oxygens (including phenoxy) is 1. The van der Waals surface area contributed by atoms with Crippen LogP contribution in [0.3, 0.4) is 0 Å². The zero-order valence-electron chi connectivity index (χ0n) is 13.1. The summed E-state index contributed by atoms with van der Waals surface area (Å²) >= 11 is 0. The maximum absolute atomic E-state index is 11.8. The topological polar surface area (TPSA) is 152 Å². The Balaban J connectivity index is 1.72. The molecule has 1 aromatic carbocycles. The van der Waals surface area contributed by atoms with Crippen molar-refractivity contribution in [1.82, 2.24) is 10.5 Å². The molecular formula is C14H14N4O7. The average Bonchev–Trinajstić information content (AvgIpc) is 2.93. The van der Waals surface area contributed by atoms with E-state index in [0.717, 1.165) is 0 Å². The van der Waals surface area contributed by atoms with Crippen LogP contribution in [0, 0.1) is 22.2 Å². The number of benzene rings is 1. The molecule has 0 bridgehead atoms. The molecule has 0 spiro atoms. The number of carbonyl (C=O) groups excluding carboxylic acids is 2. The summed E-state index contributed by atoms with van der Waals surface area (Å²) in [5, 5.41) is 27.4. The van der Waals surface area contributed by atoms with E-state index in [0.29, 0.717) is 6.42 Å². The summed E-state index contributed by atoms with van der Waals surface area (Å²) in [5.41, 5.74) is -0.0341. The molecule has 2 rings (SSSR count). The Bertz CT molecular complexity index is 785. The van der Waals surface area contributed by atoms with Gasteiger partial charge in [-0.05, 0) is 23.5 Å². The highest BCUT2D eigenvalue weighted by Gasteiger charge is 2.24. The fraction of sp³-hybridized carbons (Fsp3) is 0.286. The van der Waals surface area contributed by atoms with Gasteiger partial charge in [0, 0.05) is 31.2 Å². The number of nitro groups is 1. The zero-order valence-corrected chi connectivity index (χ0v) is 13.1. The summed E-state index contributed by atoms with van der Waals surface area (Å²) in [7, 11) is 0. The number of hydrogen-bond acceptors (Lipinski definition) is 8. The summed E-state index contributed by atoms with van der Waals surface area (Å²) in [6, 6.07) is 5.16. The van der Waals surface area contributed by atoms with Crippen LogP contribution in [0.15, 0.2) is 28.9 Å². The van der Waals surface area contributed by atoms with Crippen molar-refractivity contribution in [3.63, 3.8) is 0 Å². The predicted octanol–water partition coefficient (Wildman–Crippen LogP) is 0.502. The summed E-state index contributed by atoms with van der Waals surface area (Å²) in [4.78, 5) is 33.6. The van der Waals surface area contributed by atoms with Crippen molar-refractivity contribution in [1.29, 1.82) is 0 Å². The van der Waals surface area contributed by atoms with Crippen molar-refractivity contribution < 1.29 is 28.8 Å². The van der Waals surface area contributed by atoms with E-state index in [1.165, 1.54) is 31.2 Å². The summed E-state index contributed by atoms with van der Waals surface area (Å²) in [5.74, 6) is -1.20. The molecule has 0 saturated heterocycles. The molecule has 0 radical (unpaired) electrons. The average molecular weight is 350 g/mol. The molecule has 2 aromatic rings. The van der Waals surface area contributed by atoms with Gasteiger partial charge in [-0.3, -0.25) is 19.5 Å². The van der Waals surface area contributed by atoms with Gasteiger partial charge in [0.2, 0.25) is 5.69 Å². The second-order valence-electron chi connectivity index (χ2n) is 4.91. The molecule has 1 amide bonds. The molecule has 0 atom stereocenters. The molecule has 1 N–H and O–H groups in total. The minimum atomic E-state index is -0.794. The van der Waals surface area contributed by atoms with Crippen LogP contribution in [0.5, 0.6) is 0 Å². The van der Waals surface area contributed by atoms with Crippen LogP contribution in [0.4, 0.5) is 5.69 Å². The number of amides is 1. The Hall–Kier alpha value is -3.50. The van der Waals surface area contributed by atoms with Crippen LogP contribution in [-0.2, 0) is 4.74 Å². The van der Waals surface area contributed by atoms with E-state index in [9.17, 15) is 24.9 Å². The van der Waals surface area contributed by atoms with Gasteiger partial charge in [-0.25, -0.2) is 4.79 Å². The number of hydrogen-bond donors (Lipinski definition) is 1. The highest BCUT2D eigenvalue weighted by Crippen LogP contribution is 2.11. The van der Waals surface area contributed by atoms with Gasteiger partial charge in [-0.1, -0.05) is 0 Å². The predicted molar refractivity (Wildman–Crippen MR) is 80.5 cm³/mol. The Morgan fingerprint density at radius 3 is 2.60 bits per heavy atom. The van der Waals surface area contributed by atoms with Crippen molar-refractivity contribution in [2.24, 2.45) is 0 Å². The molecule has 25 heavy (non-hydrogen) atoms. The second-order valence-corrected chi connectivity index (χ2v) is 4.91. The number of rotatable bonds is 7. The molecule has 0 saturated carbocycles. The first kappa shape index (κ1) is 17.8. The first-order chi connectivity index (χ1) is 11.9. The van der Waals surface area contributed by atoms with E-state index in [1.54, 1.807) is 0 Å². The molecular weight excluding hydrogens is 336 g/mol. The van der Waals surface area contributed by atoms with Crippen LogP contribution in [0.2, 0.25) is 0 Å². The summed E-state index contributed by atoms with van der Waals surface area (Å²) < 4.78 is 9.17. The third-order valence-electron chi connectivity index (χ3n) is 3.20. The van der Waals surface area contributed by atoms with Crippen LogP contribution >= 0.6 is 0 Å². The Morgan fingerprint density at radius 2 is 2.04 bits per heavy atom. The number of nitrogens with zero attached hydrogens (tertiary/aromatic N) is 3. The lowest BCUT2D eigenvalue weighted by atomic mass is 10.2. The number of esters is 1. The van der Waals surface area contributed by atoms with E-state index < -0.39 is 16.8 Å². The van der Waals surface area contributed by atoms with E-state index >= 15 is 0 Å². The molecule has 11 heteroatoms. The standard InChI is InChI=1S/C14H14N4O7/c1-9-12(16-25-18(9)23)14(20)24-8-2-7-15-13(19)10-3-5-11(6-4-10)17(21)22/h3-6H,2,7-8H2,1H3,(H,15,19). The molecule has 0 unspecified atom stereocenters. The van der Waals surface area contributed by atoms with Crippen molar-refractivity contribution in [2.45, 2.75) is 13.3 Å². The minimum absolute atomic E-state index is 0.00326. The highest BCUT2D eigenvalue weighted by molar-refractivity contribution is 5.94. The second kappa shape index (κ2) is 7.86. The fourth-order valence-electron chi connectivity index (χ4n) is 1.82. The molecule has 132 valence electrons. The number of nitro benzene ring substituents is 1. The lowest BCUT2D eigenvalue weighted by molar-refractivity contribution is -0.806. The van der Waals surface area contributed by atoms with Gasteiger partial charge in [0.25, 0.3) is 11.6 Å². The van der Waals surface area contributed by atoms with Gasteiger partial charge in [0.05, 0.1) is 16.7 Å². The maximum atomic E-state index is 11.8. The van der Waals surface area contributed by atoms with Crippen LogP contribution in [-0.4, -0.2) is 35.1 Å². The maximum Gasteiger partial charge on any atom is 0.389 e. The normalized spacial score (nSPS) is 10.3.